The molecule has 0 unspecified atom stereocenters. The number of amidine groups is 1. The average molecular weight is 301 g/mol. The Hall–Kier alpha value is -2.68. The summed E-state index contributed by atoms with van der Waals surface area (Å²) in [6, 6.07) is 3.80. The molecule has 0 aliphatic carbocycles. The molecule has 1 rings (SSSR count). The first-order valence-corrected chi connectivity index (χ1v) is 5.47. The molecule has 0 aromatic heterocycles. The molecule has 20 heavy (non-hydrogen) atoms. The van der Waals surface area contributed by atoms with Crippen LogP contribution >= 0.6 is 11.6 Å². The van der Waals surface area contributed by atoms with Gasteiger partial charge in [-0.05, 0) is 19.1 Å². The second kappa shape index (κ2) is 6.48. The zero-order chi connectivity index (χ0) is 15.3. The lowest BCUT2D eigenvalue weighted by atomic mass is 10.3. The standard InChI is InChI=1S/C10H9ClN4O5/c1-5(12-9(16)10(17)18)13-14-7-4-6(11)2-3-8(7)15(19)20/h2-4,14H,1H3,(H,17,18)(H,12,13,16). The Labute approximate surface area is 117 Å². The minimum atomic E-state index is -1.67. The molecular weight excluding hydrogens is 292 g/mol. The van der Waals surface area contributed by atoms with E-state index in [1.54, 1.807) is 0 Å². The number of carbonyl (C=O) groups is 2. The largest absolute Gasteiger partial charge is 0.474 e. The number of hydrazone groups is 1. The van der Waals surface area contributed by atoms with Gasteiger partial charge in [-0.3, -0.25) is 20.3 Å². The molecule has 0 saturated carbocycles. The van der Waals surface area contributed by atoms with Crippen LogP contribution < -0.4 is 10.7 Å². The van der Waals surface area contributed by atoms with Crippen LogP contribution in [0.25, 0.3) is 0 Å². The van der Waals surface area contributed by atoms with Crippen LogP contribution in [0.2, 0.25) is 5.02 Å². The van der Waals surface area contributed by atoms with E-state index in [1.165, 1.54) is 25.1 Å². The van der Waals surface area contributed by atoms with Crippen molar-refractivity contribution < 1.29 is 19.6 Å². The predicted octanol–water partition coefficient (Wildman–Crippen LogP) is 1.19. The quantitative estimate of drug-likeness (QED) is 0.252. The number of carboxylic acids is 1. The number of carbonyl (C=O) groups excluding carboxylic acids is 1. The number of nitrogens with one attached hydrogen (secondary N) is 2. The molecule has 0 fully saturated rings. The van der Waals surface area contributed by atoms with E-state index in [0.717, 1.165) is 0 Å². The van der Waals surface area contributed by atoms with Gasteiger partial charge in [0.2, 0.25) is 0 Å². The maximum Gasteiger partial charge on any atom is 0.394 e. The Kier molecular flexibility index (Phi) is 4.98. The third-order valence-corrected chi connectivity index (χ3v) is 2.22. The number of benzene rings is 1. The summed E-state index contributed by atoms with van der Waals surface area (Å²) < 4.78 is 0. The van der Waals surface area contributed by atoms with Crippen LogP contribution in [-0.2, 0) is 9.59 Å². The molecule has 3 N–H and O–H groups in total. The molecule has 1 aromatic rings. The first-order chi connectivity index (χ1) is 9.31. The molecule has 10 heteroatoms. The molecule has 0 saturated heterocycles. The van der Waals surface area contributed by atoms with Gasteiger partial charge in [0.15, 0.2) is 0 Å². The number of rotatable bonds is 3. The summed E-state index contributed by atoms with van der Waals surface area (Å²) in [6.07, 6.45) is 0. The Morgan fingerprint density at radius 1 is 1.45 bits per heavy atom. The number of aliphatic carboxylic acids is 1. The van der Waals surface area contributed by atoms with Crippen LogP contribution in [-0.4, -0.2) is 27.7 Å². The number of nitro groups is 1. The fourth-order valence-electron chi connectivity index (χ4n) is 1.15. The zero-order valence-corrected chi connectivity index (χ0v) is 10.8. The van der Waals surface area contributed by atoms with Crippen molar-refractivity contribution in [1.82, 2.24) is 5.32 Å². The monoisotopic (exact) mass is 300 g/mol. The lowest BCUT2D eigenvalue weighted by molar-refractivity contribution is -0.384. The van der Waals surface area contributed by atoms with E-state index in [4.69, 9.17) is 16.7 Å². The van der Waals surface area contributed by atoms with Crippen molar-refractivity contribution >= 4 is 40.7 Å². The third kappa shape index (κ3) is 4.21. The lowest BCUT2D eigenvalue weighted by Gasteiger charge is -2.05. The minimum absolute atomic E-state index is 0.00595. The van der Waals surface area contributed by atoms with Crippen molar-refractivity contribution in [2.45, 2.75) is 6.92 Å². The number of nitro benzene ring substituents is 1. The second-order valence-corrected chi connectivity index (χ2v) is 3.92. The number of halogens is 1. The van der Waals surface area contributed by atoms with Crippen LogP contribution in [0.4, 0.5) is 11.4 Å². The fraction of sp³-hybridized carbons (Fsp3) is 0.100. The van der Waals surface area contributed by atoms with Crippen molar-refractivity contribution in [3.05, 3.63) is 33.3 Å². The molecule has 0 bridgehead atoms. The Bertz CT molecular complexity index is 601. The predicted molar refractivity (Wildman–Crippen MR) is 70.6 cm³/mol. The van der Waals surface area contributed by atoms with Crippen molar-refractivity contribution in [2.24, 2.45) is 5.10 Å². The summed E-state index contributed by atoms with van der Waals surface area (Å²) in [4.78, 5) is 31.3. The average Bonchev–Trinajstić information content (AvgIpc) is 2.35. The summed E-state index contributed by atoms with van der Waals surface area (Å²) in [5, 5.41) is 25.0. The van der Waals surface area contributed by atoms with Crippen molar-refractivity contribution in [1.29, 1.82) is 0 Å². The maximum atomic E-state index is 10.8. The number of amides is 1. The summed E-state index contributed by atoms with van der Waals surface area (Å²) in [5.41, 5.74) is 2.07. The molecular formula is C10H9ClN4O5. The summed E-state index contributed by atoms with van der Waals surface area (Å²) in [6.45, 7) is 1.31. The van der Waals surface area contributed by atoms with Gasteiger partial charge in [0.25, 0.3) is 5.69 Å². The van der Waals surface area contributed by atoms with E-state index >= 15 is 0 Å². The van der Waals surface area contributed by atoms with Crippen molar-refractivity contribution in [2.75, 3.05) is 5.43 Å². The van der Waals surface area contributed by atoms with Crippen LogP contribution in [0.1, 0.15) is 6.92 Å². The number of nitrogens with zero attached hydrogens (tertiary/aromatic N) is 2. The van der Waals surface area contributed by atoms with Gasteiger partial charge in [-0.25, -0.2) is 4.79 Å². The summed E-state index contributed by atoms with van der Waals surface area (Å²) in [5.74, 6) is -3.02. The molecule has 0 heterocycles. The molecule has 9 nitrogen and oxygen atoms in total. The zero-order valence-electron chi connectivity index (χ0n) is 10.1. The first-order valence-electron chi connectivity index (χ1n) is 5.09. The second-order valence-electron chi connectivity index (χ2n) is 3.49. The number of anilines is 1. The van der Waals surface area contributed by atoms with Crippen LogP contribution in [0.15, 0.2) is 23.3 Å². The van der Waals surface area contributed by atoms with Gasteiger partial charge in [0.05, 0.1) is 4.92 Å². The number of hydrogen-bond acceptors (Lipinski definition) is 6. The summed E-state index contributed by atoms with van der Waals surface area (Å²) >= 11 is 5.70. The molecule has 106 valence electrons. The highest BCUT2D eigenvalue weighted by atomic mass is 35.5. The Balaban J connectivity index is 2.88. The molecule has 0 aliphatic rings. The minimum Gasteiger partial charge on any atom is -0.474 e. The molecule has 0 aliphatic heterocycles. The van der Waals surface area contributed by atoms with Crippen LogP contribution in [0.5, 0.6) is 0 Å². The molecule has 0 spiro atoms. The number of carboxylic acid groups (broad SMARTS) is 1. The first kappa shape index (κ1) is 15.4. The topological polar surface area (TPSA) is 134 Å². The molecule has 0 radical (unpaired) electrons. The molecule has 0 atom stereocenters. The van der Waals surface area contributed by atoms with Crippen molar-refractivity contribution in [3.8, 4) is 0 Å². The van der Waals surface area contributed by atoms with Gasteiger partial charge < -0.3 is 10.4 Å². The van der Waals surface area contributed by atoms with Gasteiger partial charge in [-0.15, -0.1) is 0 Å². The van der Waals surface area contributed by atoms with E-state index in [9.17, 15) is 19.7 Å². The molecule has 1 aromatic carbocycles. The Morgan fingerprint density at radius 2 is 2.10 bits per heavy atom. The van der Waals surface area contributed by atoms with Crippen molar-refractivity contribution in [3.63, 3.8) is 0 Å². The normalized spacial score (nSPS) is 10.8. The van der Waals surface area contributed by atoms with E-state index in [2.05, 4.69) is 10.5 Å². The highest BCUT2D eigenvalue weighted by Crippen LogP contribution is 2.27. The summed E-state index contributed by atoms with van der Waals surface area (Å²) in [7, 11) is 0. The van der Waals surface area contributed by atoms with Gasteiger partial charge in [0.1, 0.15) is 11.5 Å². The fourth-order valence-corrected chi connectivity index (χ4v) is 1.32. The molecule has 1 amide bonds. The third-order valence-electron chi connectivity index (χ3n) is 1.99. The van der Waals surface area contributed by atoms with E-state index in [1.807, 2.05) is 5.32 Å². The lowest BCUT2D eigenvalue weighted by Crippen LogP contribution is -2.34. The van der Waals surface area contributed by atoms with Crippen LogP contribution in [0.3, 0.4) is 0 Å². The highest BCUT2D eigenvalue weighted by molar-refractivity contribution is 6.34. The van der Waals surface area contributed by atoms with E-state index in [-0.39, 0.29) is 22.2 Å². The van der Waals surface area contributed by atoms with Gasteiger partial charge in [0, 0.05) is 11.1 Å². The Morgan fingerprint density at radius 3 is 2.65 bits per heavy atom. The smallest absolute Gasteiger partial charge is 0.394 e. The maximum absolute atomic E-state index is 10.8. The van der Waals surface area contributed by atoms with Gasteiger partial charge >= 0.3 is 11.9 Å². The van der Waals surface area contributed by atoms with Crippen LogP contribution in [0, 0.1) is 10.1 Å². The number of hydrogen-bond donors (Lipinski definition) is 3. The van der Waals surface area contributed by atoms with Gasteiger partial charge in [-0.1, -0.05) is 11.6 Å². The highest BCUT2D eigenvalue weighted by Gasteiger charge is 2.14. The van der Waals surface area contributed by atoms with E-state index < -0.39 is 16.8 Å². The SMILES string of the molecule is C/C(=N/Nc1cc(Cl)ccc1[N+](=O)[O-])NC(=O)C(=O)O. The van der Waals surface area contributed by atoms with Gasteiger partial charge in [-0.2, -0.15) is 5.10 Å². The van der Waals surface area contributed by atoms with E-state index in [0.29, 0.717) is 0 Å².